The Morgan fingerprint density at radius 1 is 1.38 bits per heavy atom. The number of hydrogen-bond donors (Lipinski definition) is 1. The maximum absolute atomic E-state index is 11.9. The molecule has 1 N–H and O–H groups in total. The second-order valence-corrected chi connectivity index (χ2v) is 7.09. The molecular formula is C13H10BrClN2O3S. The van der Waals surface area contributed by atoms with Crippen molar-refractivity contribution in [2.75, 3.05) is 6.54 Å². The Bertz CT molecular complexity index is 690. The monoisotopic (exact) mass is 388 g/mol. The van der Waals surface area contributed by atoms with Gasteiger partial charge in [0.2, 0.25) is 0 Å². The van der Waals surface area contributed by atoms with Gasteiger partial charge in [-0.15, -0.1) is 11.3 Å². The predicted molar refractivity (Wildman–Crippen MR) is 86.2 cm³/mol. The van der Waals surface area contributed by atoms with Gasteiger partial charge in [-0.2, -0.15) is 0 Å². The quantitative estimate of drug-likeness (QED) is 0.619. The number of amides is 1. The number of thiophene rings is 1. The summed E-state index contributed by atoms with van der Waals surface area (Å²) in [6.07, 6.45) is 0.725. The first-order valence-electron chi connectivity index (χ1n) is 5.93. The van der Waals surface area contributed by atoms with Gasteiger partial charge in [0.05, 0.1) is 8.71 Å². The lowest BCUT2D eigenvalue weighted by molar-refractivity contribution is -0.384. The summed E-state index contributed by atoms with van der Waals surface area (Å²) in [7, 11) is 0. The molecule has 1 aromatic heterocycles. The smallest absolute Gasteiger partial charge is 0.287 e. The van der Waals surface area contributed by atoms with E-state index in [9.17, 15) is 14.9 Å². The van der Waals surface area contributed by atoms with Gasteiger partial charge in [-0.25, -0.2) is 0 Å². The first-order chi connectivity index (χ1) is 9.97. The molecule has 0 radical (unpaired) electrons. The number of nitrogens with one attached hydrogen (secondary N) is 1. The molecule has 0 atom stereocenters. The van der Waals surface area contributed by atoms with Gasteiger partial charge in [0.1, 0.15) is 5.02 Å². The molecule has 0 spiro atoms. The van der Waals surface area contributed by atoms with Crippen molar-refractivity contribution in [3.8, 4) is 0 Å². The van der Waals surface area contributed by atoms with Crippen LogP contribution >= 0.6 is 38.9 Å². The van der Waals surface area contributed by atoms with E-state index >= 15 is 0 Å². The van der Waals surface area contributed by atoms with E-state index in [0.717, 1.165) is 15.1 Å². The van der Waals surface area contributed by atoms with Crippen molar-refractivity contribution in [1.29, 1.82) is 0 Å². The lowest BCUT2D eigenvalue weighted by Crippen LogP contribution is -2.25. The van der Waals surface area contributed by atoms with Crippen LogP contribution in [0.3, 0.4) is 0 Å². The van der Waals surface area contributed by atoms with E-state index in [0.29, 0.717) is 12.1 Å². The molecule has 2 rings (SSSR count). The molecule has 0 saturated heterocycles. The maximum atomic E-state index is 11.9. The Morgan fingerprint density at radius 3 is 2.71 bits per heavy atom. The normalized spacial score (nSPS) is 10.4. The van der Waals surface area contributed by atoms with E-state index in [2.05, 4.69) is 21.2 Å². The third kappa shape index (κ3) is 4.26. The van der Waals surface area contributed by atoms with Crippen molar-refractivity contribution in [2.24, 2.45) is 0 Å². The highest BCUT2D eigenvalue weighted by molar-refractivity contribution is 9.11. The van der Waals surface area contributed by atoms with Crippen LogP contribution in [0.25, 0.3) is 0 Å². The second-order valence-electron chi connectivity index (χ2n) is 4.14. The van der Waals surface area contributed by atoms with Crippen LogP contribution < -0.4 is 5.32 Å². The Hall–Kier alpha value is -1.44. The van der Waals surface area contributed by atoms with Gasteiger partial charge in [-0.3, -0.25) is 14.9 Å². The molecule has 110 valence electrons. The number of benzene rings is 1. The van der Waals surface area contributed by atoms with E-state index in [1.807, 2.05) is 12.1 Å². The van der Waals surface area contributed by atoms with Gasteiger partial charge in [0.15, 0.2) is 0 Å². The van der Waals surface area contributed by atoms with Crippen LogP contribution in [0.15, 0.2) is 34.1 Å². The minimum atomic E-state index is -0.585. The molecule has 0 saturated carbocycles. The van der Waals surface area contributed by atoms with Gasteiger partial charge in [-0.1, -0.05) is 11.6 Å². The predicted octanol–water partition coefficient (Wildman–Crippen LogP) is 4.04. The van der Waals surface area contributed by atoms with Crippen molar-refractivity contribution < 1.29 is 9.72 Å². The molecular weight excluding hydrogens is 380 g/mol. The van der Waals surface area contributed by atoms with Gasteiger partial charge < -0.3 is 5.32 Å². The molecule has 5 nitrogen and oxygen atoms in total. The summed E-state index contributed by atoms with van der Waals surface area (Å²) >= 11 is 10.8. The Kier molecular flexibility index (Phi) is 5.33. The molecule has 0 aliphatic heterocycles. The molecule has 1 aromatic carbocycles. The average Bonchev–Trinajstić information content (AvgIpc) is 2.83. The highest BCUT2D eigenvalue weighted by Crippen LogP contribution is 2.25. The van der Waals surface area contributed by atoms with Crippen molar-refractivity contribution in [1.82, 2.24) is 5.32 Å². The summed E-state index contributed by atoms with van der Waals surface area (Å²) in [4.78, 5) is 23.2. The fourth-order valence-corrected chi connectivity index (χ4v) is 3.42. The van der Waals surface area contributed by atoms with Crippen molar-refractivity contribution in [3.63, 3.8) is 0 Å². The zero-order valence-electron chi connectivity index (χ0n) is 10.6. The third-order valence-corrected chi connectivity index (χ3v) is 4.68. The molecule has 0 unspecified atom stereocenters. The van der Waals surface area contributed by atoms with Crippen molar-refractivity contribution >= 4 is 50.5 Å². The standard InChI is InChI=1S/C13H10BrClN2O3S/c14-12-4-2-9(21-12)5-6-16-13(18)8-1-3-11(17(19)20)10(15)7-8/h1-4,7H,5-6H2,(H,16,18). The number of hydrogen-bond acceptors (Lipinski definition) is 4. The highest BCUT2D eigenvalue weighted by Gasteiger charge is 2.15. The summed E-state index contributed by atoms with van der Waals surface area (Å²) < 4.78 is 1.05. The summed E-state index contributed by atoms with van der Waals surface area (Å²) in [5.74, 6) is -0.303. The second kappa shape index (κ2) is 7.02. The molecule has 0 fully saturated rings. The summed E-state index contributed by atoms with van der Waals surface area (Å²) in [5, 5.41) is 13.4. The summed E-state index contributed by atoms with van der Waals surface area (Å²) in [6, 6.07) is 7.87. The lowest BCUT2D eigenvalue weighted by atomic mass is 10.2. The number of nitro benzene ring substituents is 1. The molecule has 21 heavy (non-hydrogen) atoms. The van der Waals surface area contributed by atoms with E-state index in [1.165, 1.54) is 18.2 Å². The van der Waals surface area contributed by atoms with Crippen LogP contribution in [0.2, 0.25) is 5.02 Å². The molecule has 0 aliphatic carbocycles. The highest BCUT2D eigenvalue weighted by atomic mass is 79.9. The number of nitrogens with zero attached hydrogens (tertiary/aromatic N) is 1. The van der Waals surface area contributed by atoms with Gasteiger partial charge in [0.25, 0.3) is 11.6 Å². The molecule has 1 heterocycles. The van der Waals surface area contributed by atoms with Crippen LogP contribution in [-0.4, -0.2) is 17.4 Å². The molecule has 2 aromatic rings. The first kappa shape index (κ1) is 15.9. The summed E-state index contributed by atoms with van der Waals surface area (Å²) in [6.45, 7) is 0.487. The van der Waals surface area contributed by atoms with E-state index in [4.69, 9.17) is 11.6 Å². The molecule has 0 bridgehead atoms. The molecule has 0 aliphatic rings. The number of halogens is 2. The maximum Gasteiger partial charge on any atom is 0.287 e. The number of carbonyl (C=O) groups excluding carboxylic acids is 1. The average molecular weight is 390 g/mol. The number of carbonyl (C=O) groups is 1. The van der Waals surface area contributed by atoms with Crippen LogP contribution in [0.1, 0.15) is 15.2 Å². The zero-order valence-corrected chi connectivity index (χ0v) is 13.8. The van der Waals surface area contributed by atoms with Crippen molar-refractivity contribution in [3.05, 3.63) is 59.7 Å². The largest absolute Gasteiger partial charge is 0.352 e. The van der Waals surface area contributed by atoms with E-state index in [1.54, 1.807) is 11.3 Å². The fourth-order valence-electron chi connectivity index (χ4n) is 1.68. The van der Waals surface area contributed by atoms with Gasteiger partial charge in [0, 0.05) is 23.1 Å². The van der Waals surface area contributed by atoms with Gasteiger partial charge >= 0.3 is 0 Å². The molecule has 1 amide bonds. The third-order valence-electron chi connectivity index (χ3n) is 2.69. The lowest BCUT2D eigenvalue weighted by Gasteiger charge is -2.05. The topological polar surface area (TPSA) is 72.2 Å². The van der Waals surface area contributed by atoms with Crippen LogP contribution in [0, 0.1) is 10.1 Å². The minimum Gasteiger partial charge on any atom is -0.352 e. The van der Waals surface area contributed by atoms with Crippen LogP contribution in [0.4, 0.5) is 5.69 Å². The first-order valence-corrected chi connectivity index (χ1v) is 7.92. The minimum absolute atomic E-state index is 0.0464. The Balaban J connectivity index is 1.94. The van der Waals surface area contributed by atoms with E-state index in [-0.39, 0.29) is 16.6 Å². The Labute approximate surface area is 138 Å². The van der Waals surface area contributed by atoms with E-state index < -0.39 is 4.92 Å². The number of nitro groups is 1. The van der Waals surface area contributed by atoms with Crippen LogP contribution in [0.5, 0.6) is 0 Å². The number of rotatable bonds is 5. The molecule has 8 heteroatoms. The van der Waals surface area contributed by atoms with Gasteiger partial charge in [-0.05, 0) is 46.6 Å². The SMILES string of the molecule is O=C(NCCc1ccc(Br)s1)c1ccc([N+](=O)[O-])c(Cl)c1. The van der Waals surface area contributed by atoms with Crippen molar-refractivity contribution in [2.45, 2.75) is 6.42 Å². The fraction of sp³-hybridized carbons (Fsp3) is 0.154. The Morgan fingerprint density at radius 2 is 2.14 bits per heavy atom. The zero-order chi connectivity index (χ0) is 15.4. The van der Waals surface area contributed by atoms with Crippen LogP contribution in [-0.2, 0) is 6.42 Å². The summed E-state index contributed by atoms with van der Waals surface area (Å²) in [5.41, 5.74) is 0.0922.